The number of aliphatic hydroxyl groups excluding tert-OH is 7. The molecular weight excluding hydrogens is 606 g/mol. The molecule has 9 N–H and O–H groups in total. The number of hydrogen-bond donors (Lipinski definition) is 10. The quantitative estimate of drug-likeness (QED) is 0.0886. The molecule has 0 bridgehead atoms. The first-order valence-electron chi connectivity index (χ1n) is 14.4. The number of carbonyl (C=O) groups is 2. The van der Waals surface area contributed by atoms with Crippen LogP contribution in [-0.4, -0.2) is 139 Å². The summed E-state index contributed by atoms with van der Waals surface area (Å²) in [5.74, 6) is -4.64. The Morgan fingerprint density at radius 3 is 2.41 bits per heavy atom. The highest BCUT2D eigenvalue weighted by molar-refractivity contribution is 7.80. The first kappa shape index (κ1) is 36.4. The summed E-state index contributed by atoms with van der Waals surface area (Å²) in [6.45, 7) is 0.206. The third-order valence-corrected chi connectivity index (χ3v) is 8.11. The Morgan fingerprint density at radius 1 is 1.14 bits per heavy atom. The maximum atomic E-state index is 12.5. The van der Waals surface area contributed by atoms with Crippen molar-refractivity contribution in [2.45, 2.75) is 93.5 Å². The van der Waals surface area contributed by atoms with Crippen molar-refractivity contribution < 1.29 is 69.4 Å². The average Bonchev–Trinajstić information content (AvgIpc) is 3.01. The van der Waals surface area contributed by atoms with Gasteiger partial charge in [-0.2, -0.15) is 12.6 Å². The Bertz CT molecular complexity index is 1070. The number of carboxylic acid groups (broad SMARTS) is 1. The molecule has 2 heterocycles. The number of aliphatic carboxylic acids is 1. The van der Waals surface area contributed by atoms with Gasteiger partial charge in [-0.25, -0.2) is 4.79 Å². The first-order valence-corrected chi connectivity index (χ1v) is 15.0. The molecule has 11 atom stereocenters. The van der Waals surface area contributed by atoms with E-state index in [2.05, 4.69) is 17.9 Å². The van der Waals surface area contributed by atoms with Crippen LogP contribution in [0.5, 0.6) is 5.75 Å². The molecular formula is C28H43NO14S. The lowest BCUT2D eigenvalue weighted by Crippen LogP contribution is -2.67. The van der Waals surface area contributed by atoms with Gasteiger partial charge in [0.15, 0.2) is 0 Å². The summed E-state index contributed by atoms with van der Waals surface area (Å²) >= 11 is 4.08. The van der Waals surface area contributed by atoms with E-state index in [0.717, 1.165) is 5.56 Å². The van der Waals surface area contributed by atoms with E-state index in [0.29, 0.717) is 31.6 Å². The Balaban J connectivity index is 1.75. The summed E-state index contributed by atoms with van der Waals surface area (Å²) in [5, 5.41) is 85.0. The van der Waals surface area contributed by atoms with Gasteiger partial charge in [0.25, 0.3) is 5.79 Å². The summed E-state index contributed by atoms with van der Waals surface area (Å²) in [4.78, 5) is 24.2. The van der Waals surface area contributed by atoms with Gasteiger partial charge >= 0.3 is 5.97 Å². The van der Waals surface area contributed by atoms with E-state index >= 15 is 0 Å². The second-order valence-corrected chi connectivity index (χ2v) is 11.4. The van der Waals surface area contributed by atoms with Crippen molar-refractivity contribution in [2.75, 3.05) is 25.5 Å². The average molecular weight is 650 g/mol. The van der Waals surface area contributed by atoms with Gasteiger partial charge in [0, 0.05) is 25.3 Å². The molecule has 2 saturated heterocycles. The van der Waals surface area contributed by atoms with Gasteiger partial charge < -0.3 is 65.1 Å². The Labute approximate surface area is 259 Å². The number of aliphatic hydroxyl groups is 7. The minimum Gasteiger partial charge on any atom is -0.477 e. The predicted octanol–water partition coefficient (Wildman–Crippen LogP) is -2.46. The number of ether oxygens (including phenoxy) is 4. The molecule has 1 amide bonds. The van der Waals surface area contributed by atoms with Crippen molar-refractivity contribution in [1.29, 1.82) is 0 Å². The van der Waals surface area contributed by atoms with Crippen LogP contribution in [0.25, 0.3) is 0 Å². The Morgan fingerprint density at radius 2 is 1.82 bits per heavy atom. The lowest BCUT2D eigenvalue weighted by atomic mass is 9.84. The molecule has 3 rings (SSSR count). The predicted molar refractivity (Wildman–Crippen MR) is 154 cm³/mol. The lowest BCUT2D eigenvalue weighted by molar-refractivity contribution is -0.367. The molecule has 2 fully saturated rings. The summed E-state index contributed by atoms with van der Waals surface area (Å²) in [7, 11) is 0. The highest BCUT2D eigenvalue weighted by atomic mass is 32.1. The molecule has 0 spiro atoms. The number of rotatable bonds is 15. The largest absolute Gasteiger partial charge is 0.477 e. The van der Waals surface area contributed by atoms with Gasteiger partial charge in [0.1, 0.15) is 42.4 Å². The molecule has 3 unspecified atom stereocenters. The summed E-state index contributed by atoms with van der Waals surface area (Å²) in [6, 6.07) is 6.59. The number of benzene rings is 1. The molecule has 15 nitrogen and oxygen atoms in total. The molecule has 0 aliphatic carbocycles. The molecule has 250 valence electrons. The van der Waals surface area contributed by atoms with Crippen LogP contribution in [0.15, 0.2) is 24.3 Å². The highest BCUT2D eigenvalue weighted by Crippen LogP contribution is 2.39. The van der Waals surface area contributed by atoms with E-state index < -0.39 is 92.4 Å². The molecule has 1 aromatic rings. The Hall–Kier alpha value is -2.09. The van der Waals surface area contributed by atoms with Gasteiger partial charge in [0.2, 0.25) is 12.2 Å². The second-order valence-electron chi connectivity index (χ2n) is 11.0. The smallest absolute Gasteiger partial charge is 0.364 e. The molecule has 0 radical (unpaired) electrons. The third kappa shape index (κ3) is 8.79. The Kier molecular flexibility index (Phi) is 13.6. The fourth-order valence-corrected chi connectivity index (χ4v) is 5.24. The molecule has 2 aliphatic heterocycles. The number of carbonyl (C=O) groups excluding carboxylic acids is 1. The molecule has 1 aromatic carbocycles. The van der Waals surface area contributed by atoms with Crippen LogP contribution >= 0.6 is 12.6 Å². The van der Waals surface area contributed by atoms with Crippen LogP contribution < -0.4 is 10.1 Å². The van der Waals surface area contributed by atoms with Gasteiger partial charge in [0.05, 0.1) is 25.4 Å². The van der Waals surface area contributed by atoms with Crippen LogP contribution in [0, 0.1) is 5.92 Å². The third-order valence-electron chi connectivity index (χ3n) is 7.79. The van der Waals surface area contributed by atoms with Gasteiger partial charge in [-0.1, -0.05) is 19.1 Å². The zero-order valence-electron chi connectivity index (χ0n) is 24.2. The maximum absolute atomic E-state index is 12.5. The highest BCUT2D eigenvalue weighted by Gasteiger charge is 2.58. The standard InChI is InChI=1S/C28H43NO14S/c1-14-17(32)11-28(27(38)39,42-24(14)21(35)18(33)12-30)43-25-22(36)19(13-31)41-26(23(25)37)40-16-6-4-15(5-7-16)8-9-29-20(34)3-2-10-44/h4-7,14,17-19,21-26,30-33,35-37,44H,2-3,8-13H2,1H3,(H,29,34)(H,38,39)/t14-,17?,18-,19?,21-,22+,23?,24-,25+,26-,28+/m1/s1. The zero-order chi connectivity index (χ0) is 32.6. The van der Waals surface area contributed by atoms with Crippen LogP contribution in [0.2, 0.25) is 0 Å². The molecule has 2 aliphatic rings. The van der Waals surface area contributed by atoms with Gasteiger partial charge in [-0.3, -0.25) is 4.79 Å². The fourth-order valence-electron chi connectivity index (χ4n) is 5.08. The van der Waals surface area contributed by atoms with E-state index in [-0.39, 0.29) is 11.7 Å². The first-order chi connectivity index (χ1) is 20.9. The van der Waals surface area contributed by atoms with Crippen molar-refractivity contribution in [3.05, 3.63) is 29.8 Å². The minimum atomic E-state index is -2.73. The molecule has 0 saturated carbocycles. The van der Waals surface area contributed by atoms with Crippen LogP contribution in [0.4, 0.5) is 0 Å². The van der Waals surface area contributed by atoms with E-state index in [9.17, 15) is 50.4 Å². The van der Waals surface area contributed by atoms with Crippen molar-refractivity contribution in [1.82, 2.24) is 5.32 Å². The number of amides is 1. The maximum Gasteiger partial charge on any atom is 0.364 e. The van der Waals surface area contributed by atoms with Crippen molar-refractivity contribution >= 4 is 24.5 Å². The SMILES string of the molecule is C[C@@H]1C(O)C[C@](O[C@@H]2C(O)[C@H](Oc3ccc(CCNC(=O)CCCS)cc3)OC(CO)[C@@H]2O)(C(=O)O)O[C@H]1[C@H](O)[C@H](O)CO. The van der Waals surface area contributed by atoms with Crippen molar-refractivity contribution in [3.63, 3.8) is 0 Å². The second kappa shape index (κ2) is 16.5. The van der Waals surface area contributed by atoms with E-state index in [1.807, 2.05) is 0 Å². The molecule has 44 heavy (non-hydrogen) atoms. The minimum absolute atomic E-state index is 0.0680. The van der Waals surface area contributed by atoms with Crippen molar-refractivity contribution in [3.8, 4) is 5.75 Å². The summed E-state index contributed by atoms with van der Waals surface area (Å²) in [5.41, 5.74) is 0.871. The topological polar surface area (TPSA) is 245 Å². The molecule has 16 heteroatoms. The van der Waals surface area contributed by atoms with Gasteiger partial charge in [-0.15, -0.1) is 0 Å². The number of hydrogen-bond acceptors (Lipinski definition) is 14. The summed E-state index contributed by atoms with van der Waals surface area (Å²) in [6.07, 6.45) is -14.0. The van der Waals surface area contributed by atoms with Gasteiger partial charge in [-0.05, 0) is 36.3 Å². The van der Waals surface area contributed by atoms with Crippen molar-refractivity contribution in [2.24, 2.45) is 5.92 Å². The van der Waals surface area contributed by atoms with Crippen LogP contribution in [-0.2, 0) is 30.2 Å². The number of carboxylic acids is 1. The van der Waals surface area contributed by atoms with E-state index in [1.165, 1.54) is 6.92 Å². The fraction of sp³-hybridized carbons (Fsp3) is 0.714. The lowest BCUT2D eigenvalue weighted by Gasteiger charge is -2.49. The molecule has 0 aromatic heterocycles. The van der Waals surface area contributed by atoms with E-state index in [1.54, 1.807) is 24.3 Å². The van der Waals surface area contributed by atoms with E-state index in [4.69, 9.17) is 18.9 Å². The monoisotopic (exact) mass is 649 g/mol. The van der Waals surface area contributed by atoms with Crippen LogP contribution in [0.3, 0.4) is 0 Å². The normalized spacial score (nSPS) is 33.8. The number of nitrogens with one attached hydrogen (secondary N) is 1. The van der Waals surface area contributed by atoms with Crippen LogP contribution in [0.1, 0.15) is 31.7 Å². The number of thiol groups is 1. The zero-order valence-corrected chi connectivity index (χ0v) is 25.1. The summed E-state index contributed by atoms with van der Waals surface area (Å²) < 4.78 is 22.6.